The SMILES string of the molecule is CNC[C@H]1C2CC3CC(OC)CCC3C2C2(CCN(C(=O)Nc3ccccc3F)CC2)CN1C(C)=O. The molecule has 0 bridgehead atoms. The van der Waals surface area contributed by atoms with E-state index in [2.05, 4.69) is 15.5 Å². The predicted molar refractivity (Wildman–Crippen MR) is 137 cm³/mol. The molecule has 1 aromatic rings. The molecular weight excluding hydrogens is 459 g/mol. The van der Waals surface area contributed by atoms with E-state index < -0.39 is 5.82 Å². The molecule has 198 valence electrons. The number of halogens is 1. The highest BCUT2D eigenvalue weighted by molar-refractivity contribution is 5.89. The van der Waals surface area contributed by atoms with Crippen LogP contribution in [0, 0.1) is 34.9 Å². The topological polar surface area (TPSA) is 73.9 Å². The molecule has 2 saturated carbocycles. The zero-order valence-corrected chi connectivity index (χ0v) is 21.8. The molecule has 5 unspecified atom stereocenters. The first-order valence-electron chi connectivity index (χ1n) is 13.6. The molecule has 4 fully saturated rings. The van der Waals surface area contributed by atoms with Crippen LogP contribution in [0.25, 0.3) is 0 Å². The number of carbonyl (C=O) groups is 2. The van der Waals surface area contributed by atoms with E-state index in [1.165, 1.54) is 12.5 Å². The van der Waals surface area contributed by atoms with E-state index in [1.807, 2.05) is 19.1 Å². The number of likely N-dealkylation sites (N-methyl/N-ethyl adjacent to an activating group) is 1. The molecule has 7 nitrogen and oxygen atoms in total. The van der Waals surface area contributed by atoms with Crippen molar-refractivity contribution in [3.8, 4) is 0 Å². The smallest absolute Gasteiger partial charge is 0.321 e. The predicted octanol–water partition coefficient (Wildman–Crippen LogP) is 3.96. The fraction of sp³-hybridized carbons (Fsp3) is 0.714. The molecule has 2 heterocycles. The van der Waals surface area contributed by atoms with E-state index in [-0.39, 0.29) is 29.1 Å². The molecule has 0 radical (unpaired) electrons. The van der Waals surface area contributed by atoms with Crippen LogP contribution in [0.5, 0.6) is 0 Å². The molecule has 2 aliphatic heterocycles. The number of urea groups is 1. The van der Waals surface area contributed by atoms with Crippen molar-refractivity contribution in [1.82, 2.24) is 15.1 Å². The van der Waals surface area contributed by atoms with E-state index in [0.717, 1.165) is 45.2 Å². The zero-order valence-electron chi connectivity index (χ0n) is 21.8. The fourth-order valence-corrected chi connectivity index (χ4v) is 8.33. The molecule has 5 rings (SSSR count). The number of fused-ring (bicyclic) bond motifs is 4. The summed E-state index contributed by atoms with van der Waals surface area (Å²) in [6.45, 7) is 4.56. The van der Waals surface area contributed by atoms with Gasteiger partial charge in [0, 0.05) is 46.3 Å². The largest absolute Gasteiger partial charge is 0.381 e. The molecule has 2 saturated heterocycles. The van der Waals surface area contributed by atoms with Gasteiger partial charge in [0.2, 0.25) is 5.91 Å². The van der Waals surface area contributed by atoms with Gasteiger partial charge in [0.25, 0.3) is 0 Å². The standard InChI is InChI=1S/C28H41FN4O3/c1-18(34)33-17-28(10-12-32(13-11-28)27(35)31-24-7-5-4-6-23(24)29)26-21-9-8-20(36-3)14-19(21)15-22(26)25(33)16-30-2/h4-7,19-22,25-26,30H,8-17H2,1-3H3,(H,31,35)/t19?,20?,21?,22?,25-,26?/m0/s1. The quantitative estimate of drug-likeness (QED) is 0.657. The summed E-state index contributed by atoms with van der Waals surface area (Å²) >= 11 is 0. The number of rotatable bonds is 4. The summed E-state index contributed by atoms with van der Waals surface area (Å²) in [6, 6.07) is 6.26. The number of para-hydroxylation sites is 1. The number of methoxy groups -OCH3 is 1. The van der Waals surface area contributed by atoms with Crippen LogP contribution in [0.4, 0.5) is 14.9 Å². The second kappa shape index (κ2) is 10.3. The third-order valence-corrected chi connectivity index (χ3v) is 9.89. The first-order chi connectivity index (χ1) is 17.4. The van der Waals surface area contributed by atoms with Crippen LogP contribution in [-0.2, 0) is 9.53 Å². The zero-order chi connectivity index (χ0) is 25.4. The number of amides is 3. The normalized spacial score (nSPS) is 33.2. The summed E-state index contributed by atoms with van der Waals surface area (Å²) in [5, 5.41) is 6.12. The molecule has 1 spiro atoms. The highest BCUT2D eigenvalue weighted by Crippen LogP contribution is 2.62. The molecule has 3 amide bonds. The first kappa shape index (κ1) is 25.5. The fourth-order valence-electron chi connectivity index (χ4n) is 8.33. The lowest BCUT2D eigenvalue weighted by atomic mass is 9.57. The maximum absolute atomic E-state index is 14.1. The third kappa shape index (κ3) is 4.51. The Morgan fingerprint density at radius 2 is 1.89 bits per heavy atom. The number of nitrogens with one attached hydrogen (secondary N) is 2. The minimum atomic E-state index is -0.425. The van der Waals surface area contributed by atoms with Gasteiger partial charge in [0.15, 0.2) is 0 Å². The van der Waals surface area contributed by atoms with Gasteiger partial charge in [-0.2, -0.15) is 0 Å². The van der Waals surface area contributed by atoms with Crippen LogP contribution in [-0.4, -0.2) is 74.2 Å². The van der Waals surface area contributed by atoms with Crippen molar-refractivity contribution in [1.29, 1.82) is 0 Å². The van der Waals surface area contributed by atoms with Crippen LogP contribution < -0.4 is 10.6 Å². The van der Waals surface area contributed by atoms with Crippen molar-refractivity contribution in [2.75, 3.05) is 45.7 Å². The number of nitrogens with zero attached hydrogens (tertiary/aromatic N) is 2. The minimum Gasteiger partial charge on any atom is -0.381 e. The van der Waals surface area contributed by atoms with E-state index in [1.54, 1.807) is 25.1 Å². The van der Waals surface area contributed by atoms with Gasteiger partial charge in [0.05, 0.1) is 11.8 Å². The summed E-state index contributed by atoms with van der Waals surface area (Å²) in [5.41, 5.74) is 0.237. The van der Waals surface area contributed by atoms with Crippen LogP contribution in [0.2, 0.25) is 0 Å². The summed E-state index contributed by atoms with van der Waals surface area (Å²) in [6.07, 6.45) is 6.69. The second-order valence-electron chi connectivity index (χ2n) is 11.6. The number of carbonyl (C=O) groups excluding carboxylic acids is 2. The number of likely N-dealkylation sites (tertiary alicyclic amines) is 2. The molecule has 8 heteroatoms. The van der Waals surface area contributed by atoms with Gasteiger partial charge < -0.3 is 25.2 Å². The van der Waals surface area contributed by atoms with E-state index in [4.69, 9.17) is 4.74 Å². The van der Waals surface area contributed by atoms with Gasteiger partial charge >= 0.3 is 6.03 Å². The first-order valence-corrected chi connectivity index (χ1v) is 13.6. The number of benzene rings is 1. The highest BCUT2D eigenvalue weighted by atomic mass is 19.1. The minimum absolute atomic E-state index is 0.0225. The number of ether oxygens (including phenoxy) is 1. The molecule has 36 heavy (non-hydrogen) atoms. The Morgan fingerprint density at radius 1 is 1.14 bits per heavy atom. The van der Waals surface area contributed by atoms with Crippen LogP contribution in [0.1, 0.15) is 45.4 Å². The van der Waals surface area contributed by atoms with Crippen molar-refractivity contribution >= 4 is 17.6 Å². The number of hydrogen-bond acceptors (Lipinski definition) is 4. The summed E-state index contributed by atoms with van der Waals surface area (Å²) in [4.78, 5) is 29.8. The van der Waals surface area contributed by atoms with E-state index >= 15 is 0 Å². The average molecular weight is 501 g/mol. The Morgan fingerprint density at radius 3 is 2.56 bits per heavy atom. The monoisotopic (exact) mass is 500 g/mol. The van der Waals surface area contributed by atoms with Gasteiger partial charge in [-0.05, 0) is 86.8 Å². The van der Waals surface area contributed by atoms with Crippen molar-refractivity contribution in [3.05, 3.63) is 30.1 Å². The third-order valence-electron chi connectivity index (χ3n) is 9.89. The number of piperidine rings is 2. The lowest BCUT2D eigenvalue weighted by molar-refractivity contribution is -0.147. The number of anilines is 1. The van der Waals surface area contributed by atoms with Gasteiger partial charge in [0.1, 0.15) is 5.82 Å². The molecule has 4 aliphatic rings. The van der Waals surface area contributed by atoms with Crippen molar-refractivity contribution in [2.24, 2.45) is 29.1 Å². The Hall–Kier alpha value is -2.19. The molecule has 2 N–H and O–H groups in total. The highest BCUT2D eigenvalue weighted by Gasteiger charge is 2.61. The summed E-state index contributed by atoms with van der Waals surface area (Å²) in [7, 11) is 3.81. The van der Waals surface area contributed by atoms with Crippen molar-refractivity contribution in [3.63, 3.8) is 0 Å². The Bertz CT molecular complexity index is 966. The van der Waals surface area contributed by atoms with Gasteiger partial charge in [-0.3, -0.25) is 4.79 Å². The van der Waals surface area contributed by atoms with Gasteiger partial charge in [-0.15, -0.1) is 0 Å². The molecular formula is C28H41FN4O3. The van der Waals surface area contributed by atoms with Gasteiger partial charge in [-0.25, -0.2) is 9.18 Å². The van der Waals surface area contributed by atoms with Crippen molar-refractivity contribution in [2.45, 2.75) is 57.6 Å². The van der Waals surface area contributed by atoms with E-state index in [0.29, 0.717) is 42.9 Å². The maximum atomic E-state index is 14.1. The van der Waals surface area contributed by atoms with Crippen LogP contribution in [0.3, 0.4) is 0 Å². The average Bonchev–Trinajstić information content (AvgIpc) is 3.27. The number of hydrogen-bond donors (Lipinski definition) is 2. The maximum Gasteiger partial charge on any atom is 0.321 e. The second-order valence-corrected chi connectivity index (χ2v) is 11.6. The Labute approximate surface area is 214 Å². The van der Waals surface area contributed by atoms with E-state index in [9.17, 15) is 14.0 Å². The molecule has 2 aliphatic carbocycles. The molecule has 1 aromatic carbocycles. The molecule has 0 aromatic heterocycles. The lowest BCUT2D eigenvalue weighted by Crippen LogP contribution is -2.64. The van der Waals surface area contributed by atoms with Crippen LogP contribution >= 0.6 is 0 Å². The Kier molecular flexibility index (Phi) is 7.27. The summed E-state index contributed by atoms with van der Waals surface area (Å²) in [5.74, 6) is 2.06. The lowest BCUT2D eigenvalue weighted by Gasteiger charge is -2.58. The van der Waals surface area contributed by atoms with Crippen LogP contribution in [0.15, 0.2) is 24.3 Å². The summed E-state index contributed by atoms with van der Waals surface area (Å²) < 4.78 is 19.9. The van der Waals surface area contributed by atoms with Crippen molar-refractivity contribution < 1.29 is 18.7 Å². The van der Waals surface area contributed by atoms with Gasteiger partial charge in [-0.1, -0.05) is 12.1 Å². The Balaban J connectivity index is 1.37. The molecule has 6 atom stereocenters.